The van der Waals surface area contributed by atoms with E-state index in [0.717, 1.165) is 17.5 Å². The monoisotopic (exact) mass is 410 g/mol. The van der Waals surface area contributed by atoms with Gasteiger partial charge in [-0.1, -0.05) is 48.5 Å². The Kier molecular flexibility index (Phi) is 6.72. The van der Waals surface area contributed by atoms with Gasteiger partial charge in [0.1, 0.15) is 12.6 Å². The standard InChI is InChI=1S/C20H19NO4.C3H7NO/c22-19(23)18-10-5-11-21(18)20(24)25-12-17-15-8-3-1-6-13(15)14-7-2-4-9-16(14)17;1-4(2)3-5/h1-4,6-9,17-18H,5,10-12H2,(H,22,23);3H,1-2H3/t18-;/m0./s1. The lowest BCUT2D eigenvalue weighted by molar-refractivity contribution is -0.141. The van der Waals surface area contributed by atoms with E-state index >= 15 is 0 Å². The molecule has 1 heterocycles. The largest absolute Gasteiger partial charge is 0.480 e. The van der Waals surface area contributed by atoms with Gasteiger partial charge in [0.25, 0.3) is 0 Å². The summed E-state index contributed by atoms with van der Waals surface area (Å²) in [6.45, 7) is 0.656. The fourth-order valence-corrected chi connectivity index (χ4v) is 3.92. The summed E-state index contributed by atoms with van der Waals surface area (Å²) < 4.78 is 5.53. The Morgan fingerprint density at radius 1 is 1.10 bits per heavy atom. The Morgan fingerprint density at radius 3 is 2.13 bits per heavy atom. The second-order valence-electron chi connectivity index (χ2n) is 7.56. The zero-order chi connectivity index (χ0) is 21.7. The first kappa shape index (κ1) is 21.4. The molecule has 7 nitrogen and oxygen atoms in total. The predicted molar refractivity (Wildman–Crippen MR) is 112 cm³/mol. The van der Waals surface area contributed by atoms with Crippen molar-refractivity contribution in [2.24, 2.45) is 0 Å². The second-order valence-corrected chi connectivity index (χ2v) is 7.56. The lowest BCUT2D eigenvalue weighted by atomic mass is 9.98. The molecule has 2 aromatic carbocycles. The molecular weight excluding hydrogens is 384 g/mol. The van der Waals surface area contributed by atoms with Crippen molar-refractivity contribution in [3.8, 4) is 11.1 Å². The quantitative estimate of drug-likeness (QED) is 0.783. The van der Waals surface area contributed by atoms with Crippen LogP contribution in [0.1, 0.15) is 29.9 Å². The molecule has 1 aliphatic carbocycles. The van der Waals surface area contributed by atoms with Gasteiger partial charge >= 0.3 is 12.1 Å². The number of ether oxygens (including phenoxy) is 1. The van der Waals surface area contributed by atoms with Gasteiger partial charge in [-0.25, -0.2) is 9.59 Å². The van der Waals surface area contributed by atoms with Gasteiger partial charge in [0.05, 0.1) is 0 Å². The van der Waals surface area contributed by atoms with E-state index in [0.29, 0.717) is 19.4 Å². The fraction of sp³-hybridized carbons (Fsp3) is 0.348. The molecule has 0 aromatic heterocycles. The molecule has 1 atom stereocenters. The molecule has 4 rings (SSSR count). The van der Waals surface area contributed by atoms with Crippen molar-refractivity contribution in [1.29, 1.82) is 0 Å². The summed E-state index contributed by atoms with van der Waals surface area (Å²) in [4.78, 5) is 35.8. The van der Waals surface area contributed by atoms with Crippen LogP contribution in [0.4, 0.5) is 4.79 Å². The number of carboxylic acids is 1. The van der Waals surface area contributed by atoms with E-state index < -0.39 is 18.1 Å². The molecule has 0 radical (unpaired) electrons. The zero-order valence-electron chi connectivity index (χ0n) is 17.2. The summed E-state index contributed by atoms with van der Waals surface area (Å²) >= 11 is 0. The minimum atomic E-state index is -0.967. The van der Waals surface area contributed by atoms with Gasteiger partial charge in [-0.05, 0) is 35.1 Å². The van der Waals surface area contributed by atoms with Gasteiger partial charge < -0.3 is 14.7 Å². The Balaban J connectivity index is 0.000000461. The van der Waals surface area contributed by atoms with Crippen LogP contribution in [0.2, 0.25) is 0 Å². The predicted octanol–water partition coefficient (Wildman–Crippen LogP) is 3.19. The number of carboxylic acid groups (broad SMARTS) is 1. The summed E-state index contributed by atoms with van der Waals surface area (Å²) in [5.74, 6) is -0.978. The first-order valence-corrected chi connectivity index (χ1v) is 9.90. The van der Waals surface area contributed by atoms with Crippen LogP contribution >= 0.6 is 0 Å². The van der Waals surface area contributed by atoms with Crippen LogP contribution in [0.25, 0.3) is 11.1 Å². The number of fused-ring (bicyclic) bond motifs is 3. The highest BCUT2D eigenvalue weighted by Gasteiger charge is 2.36. The van der Waals surface area contributed by atoms with Crippen LogP contribution in [-0.2, 0) is 14.3 Å². The van der Waals surface area contributed by atoms with Crippen LogP contribution in [0.5, 0.6) is 0 Å². The number of amides is 2. The van der Waals surface area contributed by atoms with Gasteiger partial charge in [-0.2, -0.15) is 0 Å². The number of carbonyl (C=O) groups is 3. The lowest BCUT2D eigenvalue weighted by Gasteiger charge is -2.22. The van der Waals surface area contributed by atoms with Crippen molar-refractivity contribution >= 4 is 18.5 Å². The number of aliphatic carboxylic acids is 1. The molecule has 0 saturated carbocycles. The van der Waals surface area contributed by atoms with E-state index in [-0.39, 0.29) is 12.5 Å². The van der Waals surface area contributed by atoms with Crippen molar-refractivity contribution in [1.82, 2.24) is 9.80 Å². The van der Waals surface area contributed by atoms with Crippen molar-refractivity contribution in [3.63, 3.8) is 0 Å². The molecule has 7 heteroatoms. The average Bonchev–Trinajstić information content (AvgIpc) is 3.36. The number of hydrogen-bond donors (Lipinski definition) is 1. The zero-order valence-corrected chi connectivity index (χ0v) is 17.2. The smallest absolute Gasteiger partial charge is 0.410 e. The molecule has 2 aromatic rings. The highest BCUT2D eigenvalue weighted by Crippen LogP contribution is 2.44. The normalized spacial score (nSPS) is 16.7. The third kappa shape index (κ3) is 4.45. The van der Waals surface area contributed by atoms with E-state index in [2.05, 4.69) is 24.3 Å². The third-order valence-corrected chi connectivity index (χ3v) is 5.32. The first-order valence-electron chi connectivity index (χ1n) is 9.90. The Hall–Kier alpha value is -3.35. The van der Waals surface area contributed by atoms with E-state index in [1.54, 1.807) is 14.1 Å². The van der Waals surface area contributed by atoms with E-state index in [4.69, 9.17) is 4.74 Å². The van der Waals surface area contributed by atoms with E-state index in [9.17, 15) is 19.5 Å². The first-order chi connectivity index (χ1) is 14.4. The lowest BCUT2D eigenvalue weighted by Crippen LogP contribution is -2.41. The maximum Gasteiger partial charge on any atom is 0.410 e. The molecule has 0 bridgehead atoms. The average molecular weight is 410 g/mol. The third-order valence-electron chi connectivity index (χ3n) is 5.32. The molecule has 1 N–H and O–H groups in total. The van der Waals surface area contributed by atoms with Crippen molar-refractivity contribution in [2.75, 3.05) is 27.2 Å². The van der Waals surface area contributed by atoms with E-state index in [1.807, 2.05) is 24.3 Å². The van der Waals surface area contributed by atoms with Gasteiger partial charge in [-0.3, -0.25) is 9.69 Å². The minimum Gasteiger partial charge on any atom is -0.480 e. The molecular formula is C23H26N2O5. The molecule has 2 amide bonds. The number of hydrogen-bond acceptors (Lipinski definition) is 4. The fourth-order valence-electron chi connectivity index (χ4n) is 3.92. The van der Waals surface area contributed by atoms with Crippen LogP contribution < -0.4 is 0 Å². The molecule has 30 heavy (non-hydrogen) atoms. The molecule has 1 saturated heterocycles. The maximum atomic E-state index is 12.4. The summed E-state index contributed by atoms with van der Waals surface area (Å²) in [7, 11) is 3.38. The summed E-state index contributed by atoms with van der Waals surface area (Å²) in [6.07, 6.45) is 1.40. The number of benzene rings is 2. The van der Waals surface area contributed by atoms with Gasteiger partial charge in [0.2, 0.25) is 6.41 Å². The molecule has 0 spiro atoms. The van der Waals surface area contributed by atoms with Crippen molar-refractivity contribution < 1.29 is 24.2 Å². The van der Waals surface area contributed by atoms with Crippen molar-refractivity contribution in [2.45, 2.75) is 24.8 Å². The minimum absolute atomic E-state index is 0.0118. The number of rotatable bonds is 4. The number of likely N-dealkylation sites (tertiary alicyclic amines) is 1. The molecule has 0 unspecified atom stereocenters. The summed E-state index contributed by atoms with van der Waals surface area (Å²) in [5, 5.41) is 9.22. The van der Waals surface area contributed by atoms with Crippen molar-refractivity contribution in [3.05, 3.63) is 59.7 Å². The SMILES string of the molecule is CN(C)C=O.O=C(O)[C@@H]1CCCN1C(=O)OCC1c2ccccc2-c2ccccc21. The van der Waals surface area contributed by atoms with Crippen LogP contribution in [-0.4, -0.2) is 66.7 Å². The second kappa shape index (κ2) is 9.43. The van der Waals surface area contributed by atoms with Gasteiger partial charge in [-0.15, -0.1) is 0 Å². The molecule has 2 aliphatic rings. The molecule has 158 valence electrons. The highest BCUT2D eigenvalue weighted by atomic mass is 16.6. The van der Waals surface area contributed by atoms with Crippen LogP contribution in [0.3, 0.4) is 0 Å². The Morgan fingerprint density at radius 2 is 1.63 bits per heavy atom. The van der Waals surface area contributed by atoms with Gasteiger partial charge in [0, 0.05) is 26.6 Å². The summed E-state index contributed by atoms with van der Waals surface area (Å²) in [5.41, 5.74) is 4.63. The van der Waals surface area contributed by atoms with Crippen LogP contribution in [0, 0.1) is 0 Å². The topological polar surface area (TPSA) is 87.2 Å². The number of nitrogens with zero attached hydrogens (tertiary/aromatic N) is 2. The number of carbonyl (C=O) groups excluding carboxylic acids is 2. The Labute approximate surface area is 175 Å². The Bertz CT molecular complexity index is 882. The molecule has 1 fully saturated rings. The highest BCUT2D eigenvalue weighted by molar-refractivity contribution is 5.81. The van der Waals surface area contributed by atoms with E-state index in [1.165, 1.54) is 20.9 Å². The maximum absolute atomic E-state index is 12.4. The summed E-state index contributed by atoms with van der Waals surface area (Å²) in [6, 6.07) is 15.5. The molecule has 1 aliphatic heterocycles. The van der Waals surface area contributed by atoms with Crippen LogP contribution in [0.15, 0.2) is 48.5 Å². The van der Waals surface area contributed by atoms with Gasteiger partial charge in [0.15, 0.2) is 0 Å².